The molecule has 0 saturated heterocycles. The van der Waals surface area contributed by atoms with Gasteiger partial charge in [0.05, 0.1) is 28.6 Å². The van der Waals surface area contributed by atoms with E-state index < -0.39 is 7.14 Å². The molecular weight excluding hydrogens is 736 g/mol. The molecule has 0 atom stereocenters. The minimum Gasteiger partial charge on any atom is -0.316 e. The monoisotopic (exact) mass is 777 g/mol. The van der Waals surface area contributed by atoms with E-state index in [0.29, 0.717) is 6.16 Å². The molecule has 8 aromatic carbocycles. The molecule has 9 aromatic rings. The lowest BCUT2D eigenvalue weighted by Crippen LogP contribution is -2.17. The Morgan fingerprint density at radius 3 is 1.64 bits per heavy atom. The molecule has 0 radical (unpaired) electrons. The summed E-state index contributed by atoms with van der Waals surface area (Å²) < 4.78 is 19.2. The van der Waals surface area contributed by atoms with E-state index in [1.807, 2.05) is 60.7 Å². The summed E-state index contributed by atoms with van der Waals surface area (Å²) in [7, 11) is -2.83. The van der Waals surface area contributed by atoms with Crippen molar-refractivity contribution in [2.75, 3.05) is 6.16 Å². The van der Waals surface area contributed by atoms with Crippen LogP contribution >= 0.6 is 7.14 Å². The number of nitrogens with zero attached hydrogens (tertiary/aromatic N) is 2. The number of benzene rings is 8. The molecule has 0 aliphatic carbocycles. The number of para-hydroxylation sites is 4. The maximum atomic E-state index is 14.6. The third-order valence-electron chi connectivity index (χ3n) is 11.4. The van der Waals surface area contributed by atoms with Gasteiger partial charge in [0.1, 0.15) is 7.14 Å². The highest BCUT2D eigenvalue weighted by Gasteiger charge is 2.30. The number of rotatable bonds is 10. The fraction of sp³-hybridized carbons (Fsp3) is 0.0364. The Morgan fingerprint density at radius 2 is 1.03 bits per heavy atom. The molecule has 282 valence electrons. The number of hydrogen-bond acceptors (Lipinski definition) is 1. The van der Waals surface area contributed by atoms with Crippen LogP contribution in [0.2, 0.25) is 0 Å². The summed E-state index contributed by atoms with van der Waals surface area (Å²) in [5.41, 5.74) is 13.1. The van der Waals surface area contributed by atoms with Crippen molar-refractivity contribution < 1.29 is 4.57 Å². The van der Waals surface area contributed by atoms with Crippen molar-refractivity contribution in [3.8, 4) is 22.3 Å². The van der Waals surface area contributed by atoms with Crippen molar-refractivity contribution in [3.05, 3.63) is 223 Å². The number of hydrogen-bond donors (Lipinski definition) is 0. The summed E-state index contributed by atoms with van der Waals surface area (Å²) in [6, 6.07) is 70.0. The molecule has 1 aliphatic heterocycles. The second-order valence-corrected chi connectivity index (χ2v) is 18.0. The third kappa shape index (κ3) is 7.01. The first-order valence-electron chi connectivity index (χ1n) is 20.2. The summed E-state index contributed by atoms with van der Waals surface area (Å²) in [4.78, 5) is 0. The quantitative estimate of drug-likeness (QED) is 0.100. The van der Waals surface area contributed by atoms with Crippen LogP contribution in [0, 0.1) is 0 Å². The molecule has 0 spiro atoms. The average molecular weight is 778 g/mol. The normalized spacial score (nSPS) is 12.4. The van der Waals surface area contributed by atoms with E-state index in [1.165, 1.54) is 49.9 Å². The van der Waals surface area contributed by atoms with Crippen LogP contribution in [0.4, 0.5) is 11.4 Å². The van der Waals surface area contributed by atoms with E-state index in [1.54, 1.807) is 0 Å². The molecule has 3 nitrogen and oxygen atoms in total. The number of aromatic nitrogens is 1. The summed E-state index contributed by atoms with van der Waals surface area (Å²) in [5.74, 6) is 0. The summed E-state index contributed by atoms with van der Waals surface area (Å²) >= 11 is 0. The van der Waals surface area contributed by atoms with Gasteiger partial charge in [0, 0.05) is 45.9 Å². The summed E-state index contributed by atoms with van der Waals surface area (Å²) in [6.45, 7) is 0. The average Bonchev–Trinajstić information content (AvgIpc) is 3.80. The van der Waals surface area contributed by atoms with Crippen molar-refractivity contribution in [1.82, 2.24) is 9.14 Å². The van der Waals surface area contributed by atoms with Crippen LogP contribution in [0.1, 0.15) is 16.7 Å². The van der Waals surface area contributed by atoms with E-state index >= 15 is 0 Å². The Labute approximate surface area is 345 Å². The van der Waals surface area contributed by atoms with Crippen LogP contribution in [0.25, 0.3) is 62.4 Å². The molecule has 0 bridgehead atoms. The van der Waals surface area contributed by atoms with E-state index in [2.05, 4.69) is 179 Å². The zero-order valence-electron chi connectivity index (χ0n) is 32.6. The van der Waals surface area contributed by atoms with Gasteiger partial charge >= 0.3 is 0 Å². The van der Waals surface area contributed by atoms with E-state index in [4.69, 9.17) is 0 Å². The SMILES string of the molecule is O=P(CC=Cc1ccc(-c2cc(C=Cn3c4ccccc4c4ccccc43)cc(CC=[N+]3c4ccccc4-c4ccccc43)c2)cc1)(c1ccccc1)c1ccccc1. The van der Waals surface area contributed by atoms with E-state index in [-0.39, 0.29) is 0 Å². The highest BCUT2D eigenvalue weighted by atomic mass is 31.2. The van der Waals surface area contributed by atoms with Gasteiger partial charge in [-0.25, -0.2) is 0 Å². The van der Waals surface area contributed by atoms with Gasteiger partial charge in [-0.3, -0.25) is 0 Å². The third-order valence-corrected chi connectivity index (χ3v) is 14.4. The number of fused-ring (bicyclic) bond motifs is 6. The lowest BCUT2D eigenvalue weighted by Gasteiger charge is -2.17. The first kappa shape index (κ1) is 36.3. The van der Waals surface area contributed by atoms with Crippen LogP contribution in [0.3, 0.4) is 0 Å². The minimum absolute atomic E-state index is 0.453. The molecule has 0 N–H and O–H groups in total. The van der Waals surface area contributed by atoms with Crippen molar-refractivity contribution in [2.45, 2.75) is 6.42 Å². The highest BCUT2D eigenvalue weighted by molar-refractivity contribution is 7.78. The van der Waals surface area contributed by atoms with Crippen LogP contribution in [-0.2, 0) is 11.0 Å². The molecule has 0 amide bonds. The van der Waals surface area contributed by atoms with E-state index in [9.17, 15) is 4.57 Å². The molecule has 0 fully saturated rings. The maximum absolute atomic E-state index is 14.6. The topological polar surface area (TPSA) is 25.0 Å². The Balaban J connectivity index is 0.992. The minimum atomic E-state index is -2.83. The highest BCUT2D eigenvalue weighted by Crippen LogP contribution is 2.45. The van der Waals surface area contributed by atoms with Crippen molar-refractivity contribution in [2.24, 2.45) is 0 Å². The molecule has 2 heterocycles. The summed E-state index contributed by atoms with van der Waals surface area (Å²) in [5, 5.41) is 4.26. The Bertz CT molecular complexity index is 2970. The molecule has 10 rings (SSSR count). The first-order chi connectivity index (χ1) is 29.1. The molecule has 1 aliphatic rings. The van der Waals surface area contributed by atoms with Crippen molar-refractivity contribution >= 4 is 75.5 Å². The fourth-order valence-corrected chi connectivity index (χ4v) is 11.0. The van der Waals surface area contributed by atoms with Gasteiger partial charge in [-0.15, -0.1) is 0 Å². The van der Waals surface area contributed by atoms with Gasteiger partial charge in [-0.2, -0.15) is 4.58 Å². The number of allylic oxidation sites excluding steroid dienone is 1. The zero-order chi connectivity index (χ0) is 39.6. The second kappa shape index (κ2) is 15.7. The van der Waals surface area contributed by atoms with Crippen LogP contribution in [0.5, 0.6) is 0 Å². The van der Waals surface area contributed by atoms with Gasteiger partial charge < -0.3 is 9.13 Å². The van der Waals surface area contributed by atoms with Crippen LogP contribution < -0.4 is 15.2 Å². The fourth-order valence-electron chi connectivity index (χ4n) is 8.54. The molecule has 4 heteroatoms. The lowest BCUT2D eigenvalue weighted by atomic mass is 9.97. The Hall–Kier alpha value is -7.06. The van der Waals surface area contributed by atoms with Gasteiger partial charge in [-0.1, -0.05) is 170 Å². The molecule has 0 saturated carbocycles. The van der Waals surface area contributed by atoms with Crippen molar-refractivity contribution in [1.29, 1.82) is 0 Å². The predicted molar refractivity (Wildman–Crippen MR) is 253 cm³/mol. The largest absolute Gasteiger partial charge is 0.316 e. The summed E-state index contributed by atoms with van der Waals surface area (Å²) in [6.07, 6.45) is 12.1. The van der Waals surface area contributed by atoms with Gasteiger partial charge in [0.25, 0.3) is 0 Å². The van der Waals surface area contributed by atoms with Crippen LogP contribution in [0.15, 0.2) is 206 Å². The molecule has 59 heavy (non-hydrogen) atoms. The Kier molecular flexibility index (Phi) is 9.66. The van der Waals surface area contributed by atoms with E-state index in [0.717, 1.165) is 39.3 Å². The molecule has 1 aromatic heterocycles. The van der Waals surface area contributed by atoms with Gasteiger partial charge in [-0.05, 0) is 64.2 Å². The van der Waals surface area contributed by atoms with Crippen LogP contribution in [-0.4, -0.2) is 16.9 Å². The predicted octanol–water partition coefficient (Wildman–Crippen LogP) is 13.2. The Morgan fingerprint density at radius 1 is 0.492 bits per heavy atom. The smallest absolute Gasteiger partial charge is 0.218 e. The first-order valence-corrected chi connectivity index (χ1v) is 22.1. The van der Waals surface area contributed by atoms with Gasteiger partial charge in [0.15, 0.2) is 6.21 Å². The van der Waals surface area contributed by atoms with Gasteiger partial charge in [0.2, 0.25) is 11.4 Å². The molecule has 0 unspecified atom stereocenters. The second-order valence-electron chi connectivity index (χ2n) is 15.1. The molecular formula is C55H42N2OP+. The standard InChI is InChI=1S/C55H42N2OP/c58-59(46-17-3-1-4-18-46,47-19-5-2-6-20-47)37-15-16-41-29-31-44(32-30-41)45-39-42(33-35-56-52-25-11-7-21-48(52)49-22-8-12-26-53(49)56)38-43(40-45)34-36-57-54-27-13-9-23-50(54)51-24-10-14-28-55(51)57/h1-33,35-36,38-40H,34,37H2/q+1. The van der Waals surface area contributed by atoms with Crippen molar-refractivity contribution in [3.63, 3.8) is 0 Å². The zero-order valence-corrected chi connectivity index (χ0v) is 33.5. The maximum Gasteiger partial charge on any atom is 0.218 e. The lowest BCUT2D eigenvalue weighted by molar-refractivity contribution is 0.588.